The zero-order valence-electron chi connectivity index (χ0n) is 14.1. The van der Waals surface area contributed by atoms with Gasteiger partial charge in [0.25, 0.3) is 5.91 Å². The smallest absolute Gasteiger partial charge is 0.319 e. The van der Waals surface area contributed by atoms with Crippen molar-refractivity contribution in [3.8, 4) is 0 Å². The third-order valence-electron chi connectivity index (χ3n) is 4.78. The molecule has 0 aromatic heterocycles. The lowest BCUT2D eigenvalue weighted by molar-refractivity contribution is 0.0203. The number of hydrogen-bond acceptors (Lipinski definition) is 3. The van der Waals surface area contributed by atoms with Crippen LogP contribution < -0.4 is 16.0 Å². The molecule has 6 nitrogen and oxygen atoms in total. The quantitative estimate of drug-likeness (QED) is 0.718. The Morgan fingerprint density at radius 1 is 1.29 bits per heavy atom. The second kappa shape index (κ2) is 7.21. The van der Waals surface area contributed by atoms with E-state index in [1.54, 1.807) is 31.4 Å². The Bertz CT molecular complexity index is 609. The van der Waals surface area contributed by atoms with E-state index in [2.05, 4.69) is 16.0 Å². The van der Waals surface area contributed by atoms with E-state index in [1.165, 1.54) is 6.42 Å². The number of amides is 3. The highest BCUT2D eigenvalue weighted by Crippen LogP contribution is 2.40. The monoisotopic (exact) mass is 331 g/mol. The van der Waals surface area contributed by atoms with E-state index in [0.717, 1.165) is 25.7 Å². The number of methoxy groups -OCH3 is 1. The number of nitrogens with one attached hydrogen (secondary N) is 3. The van der Waals surface area contributed by atoms with Crippen molar-refractivity contribution in [1.29, 1.82) is 0 Å². The molecule has 0 aliphatic heterocycles. The van der Waals surface area contributed by atoms with Crippen molar-refractivity contribution in [2.24, 2.45) is 5.41 Å². The largest absolute Gasteiger partial charge is 0.384 e. The highest BCUT2D eigenvalue weighted by Gasteiger charge is 2.37. The summed E-state index contributed by atoms with van der Waals surface area (Å²) < 4.78 is 5.26. The van der Waals surface area contributed by atoms with Gasteiger partial charge in [-0.1, -0.05) is 12.5 Å². The van der Waals surface area contributed by atoms with Crippen LogP contribution in [0.25, 0.3) is 0 Å². The molecule has 3 rings (SSSR count). The molecule has 6 heteroatoms. The van der Waals surface area contributed by atoms with E-state index >= 15 is 0 Å². The average molecular weight is 331 g/mol. The molecule has 1 aromatic carbocycles. The first-order valence-corrected chi connectivity index (χ1v) is 8.55. The van der Waals surface area contributed by atoms with Crippen LogP contribution in [0.5, 0.6) is 0 Å². The van der Waals surface area contributed by atoms with Crippen LogP contribution in [0.15, 0.2) is 24.3 Å². The van der Waals surface area contributed by atoms with Gasteiger partial charge in [-0.05, 0) is 43.9 Å². The number of ether oxygens (including phenoxy) is 1. The van der Waals surface area contributed by atoms with Gasteiger partial charge in [-0.2, -0.15) is 0 Å². The number of carbonyl (C=O) groups excluding carboxylic acids is 2. The van der Waals surface area contributed by atoms with Crippen molar-refractivity contribution in [3.05, 3.63) is 29.8 Å². The van der Waals surface area contributed by atoms with Crippen molar-refractivity contribution in [3.63, 3.8) is 0 Å². The maximum Gasteiger partial charge on any atom is 0.319 e. The fourth-order valence-electron chi connectivity index (χ4n) is 3.03. The van der Waals surface area contributed by atoms with Crippen molar-refractivity contribution >= 4 is 17.6 Å². The van der Waals surface area contributed by atoms with Crippen LogP contribution in [-0.4, -0.2) is 38.2 Å². The third-order valence-corrected chi connectivity index (χ3v) is 4.78. The third kappa shape index (κ3) is 4.26. The molecule has 0 radical (unpaired) electrons. The molecule has 0 unspecified atom stereocenters. The summed E-state index contributed by atoms with van der Waals surface area (Å²) in [6, 6.07) is 7.07. The van der Waals surface area contributed by atoms with Gasteiger partial charge >= 0.3 is 6.03 Å². The lowest BCUT2D eigenvalue weighted by atomic mass is 9.69. The molecule has 130 valence electrons. The Labute approximate surface area is 142 Å². The summed E-state index contributed by atoms with van der Waals surface area (Å²) in [6.45, 7) is 1.28. The van der Waals surface area contributed by atoms with Crippen molar-refractivity contribution < 1.29 is 14.3 Å². The molecule has 0 heterocycles. The predicted molar refractivity (Wildman–Crippen MR) is 92.1 cm³/mol. The second-order valence-electron chi connectivity index (χ2n) is 6.92. The Hall–Kier alpha value is -2.08. The summed E-state index contributed by atoms with van der Waals surface area (Å²) >= 11 is 0. The minimum absolute atomic E-state index is 0.0814. The van der Waals surface area contributed by atoms with Crippen LogP contribution in [-0.2, 0) is 4.74 Å². The minimum Gasteiger partial charge on any atom is -0.384 e. The normalized spacial score (nSPS) is 18.4. The Morgan fingerprint density at radius 3 is 2.71 bits per heavy atom. The topological polar surface area (TPSA) is 79.5 Å². The zero-order valence-corrected chi connectivity index (χ0v) is 14.1. The lowest BCUT2D eigenvalue weighted by Crippen LogP contribution is -2.46. The lowest BCUT2D eigenvalue weighted by Gasteiger charge is -2.41. The molecule has 0 bridgehead atoms. The number of hydrogen-bond donors (Lipinski definition) is 3. The summed E-state index contributed by atoms with van der Waals surface area (Å²) in [5.41, 5.74) is 1.26. The van der Waals surface area contributed by atoms with Gasteiger partial charge in [0.15, 0.2) is 0 Å². The van der Waals surface area contributed by atoms with Crippen molar-refractivity contribution in [2.45, 2.75) is 38.1 Å². The summed E-state index contributed by atoms with van der Waals surface area (Å²) in [6.07, 6.45) is 5.45. The first kappa shape index (κ1) is 16.8. The summed E-state index contributed by atoms with van der Waals surface area (Å²) in [5.74, 6) is -0.0879. The van der Waals surface area contributed by atoms with Crippen LogP contribution >= 0.6 is 0 Å². The molecular formula is C18H25N3O3. The van der Waals surface area contributed by atoms with Gasteiger partial charge in [0.05, 0.1) is 6.61 Å². The Kier molecular flexibility index (Phi) is 5.04. The molecule has 3 amide bonds. The van der Waals surface area contributed by atoms with Crippen LogP contribution in [0.2, 0.25) is 0 Å². The van der Waals surface area contributed by atoms with Gasteiger partial charge in [0, 0.05) is 36.4 Å². The fraction of sp³-hybridized carbons (Fsp3) is 0.556. The average Bonchev–Trinajstić information content (AvgIpc) is 3.34. The molecule has 2 aliphatic rings. The van der Waals surface area contributed by atoms with E-state index in [1.807, 2.05) is 0 Å². The standard InChI is InChI=1S/C18H25N3O3/c1-24-12-18(8-3-9-18)11-19-17(23)21-15-5-2-4-13(10-15)16(22)20-14-6-7-14/h2,4-5,10,14H,3,6-9,11-12H2,1H3,(H,20,22)(H2,19,21,23). The number of anilines is 1. The molecule has 0 atom stereocenters. The van der Waals surface area contributed by atoms with Crippen LogP contribution in [0.1, 0.15) is 42.5 Å². The number of benzene rings is 1. The SMILES string of the molecule is COCC1(CNC(=O)Nc2cccc(C(=O)NC3CC3)c2)CCC1. The molecule has 1 aromatic rings. The molecular weight excluding hydrogens is 306 g/mol. The predicted octanol–water partition coefficient (Wildman–Crippen LogP) is 2.52. The molecule has 24 heavy (non-hydrogen) atoms. The molecule has 2 fully saturated rings. The summed E-state index contributed by atoms with van der Waals surface area (Å²) in [7, 11) is 1.69. The summed E-state index contributed by atoms with van der Waals surface area (Å²) in [5, 5.41) is 8.66. The minimum atomic E-state index is -0.253. The van der Waals surface area contributed by atoms with Crippen LogP contribution in [0.3, 0.4) is 0 Å². The van der Waals surface area contributed by atoms with E-state index in [-0.39, 0.29) is 17.4 Å². The molecule has 3 N–H and O–H groups in total. The van der Waals surface area contributed by atoms with Gasteiger partial charge < -0.3 is 20.7 Å². The first-order chi connectivity index (χ1) is 11.6. The van der Waals surface area contributed by atoms with Crippen LogP contribution in [0.4, 0.5) is 10.5 Å². The van der Waals surface area contributed by atoms with E-state index in [0.29, 0.717) is 30.4 Å². The molecule has 2 saturated carbocycles. The maximum absolute atomic E-state index is 12.1. The molecule has 2 aliphatic carbocycles. The van der Waals surface area contributed by atoms with Gasteiger partial charge in [-0.25, -0.2) is 4.79 Å². The molecule has 0 spiro atoms. The highest BCUT2D eigenvalue weighted by molar-refractivity contribution is 5.97. The van der Waals surface area contributed by atoms with Gasteiger partial charge in [-0.15, -0.1) is 0 Å². The first-order valence-electron chi connectivity index (χ1n) is 8.55. The van der Waals surface area contributed by atoms with E-state index < -0.39 is 0 Å². The highest BCUT2D eigenvalue weighted by atomic mass is 16.5. The number of urea groups is 1. The Balaban J connectivity index is 1.51. The molecule has 0 saturated heterocycles. The van der Waals surface area contributed by atoms with Gasteiger partial charge in [0.1, 0.15) is 0 Å². The fourth-order valence-corrected chi connectivity index (χ4v) is 3.03. The van der Waals surface area contributed by atoms with Gasteiger partial charge in [-0.3, -0.25) is 4.79 Å². The zero-order chi connectivity index (χ0) is 17.0. The number of rotatable bonds is 7. The van der Waals surface area contributed by atoms with Gasteiger partial charge in [0.2, 0.25) is 0 Å². The van der Waals surface area contributed by atoms with E-state index in [9.17, 15) is 9.59 Å². The Morgan fingerprint density at radius 2 is 2.08 bits per heavy atom. The van der Waals surface area contributed by atoms with Crippen molar-refractivity contribution in [1.82, 2.24) is 10.6 Å². The van der Waals surface area contributed by atoms with Crippen LogP contribution in [0, 0.1) is 5.41 Å². The number of carbonyl (C=O) groups is 2. The van der Waals surface area contributed by atoms with Crippen molar-refractivity contribution in [2.75, 3.05) is 25.6 Å². The second-order valence-corrected chi connectivity index (χ2v) is 6.92. The summed E-state index contributed by atoms with van der Waals surface area (Å²) in [4.78, 5) is 24.2. The van der Waals surface area contributed by atoms with E-state index in [4.69, 9.17) is 4.74 Å². The maximum atomic E-state index is 12.1.